The molecule has 0 saturated heterocycles. The highest BCUT2D eigenvalue weighted by atomic mass is 32.1. The van der Waals surface area contributed by atoms with Crippen molar-refractivity contribution in [2.45, 2.75) is 51.1 Å². The van der Waals surface area contributed by atoms with Crippen LogP contribution in [0.1, 0.15) is 63.6 Å². The van der Waals surface area contributed by atoms with E-state index >= 15 is 0 Å². The predicted molar refractivity (Wildman–Crippen MR) is 133 cm³/mol. The summed E-state index contributed by atoms with van der Waals surface area (Å²) in [6.45, 7) is 0.119. The monoisotopic (exact) mass is 495 g/mol. The van der Waals surface area contributed by atoms with Crippen molar-refractivity contribution in [2.75, 3.05) is 5.73 Å². The number of aromatic nitrogens is 3. The molecule has 0 spiro atoms. The molecule has 1 aliphatic rings. The molecule has 2 aromatic heterocycles. The topological polar surface area (TPSA) is 158 Å². The third-order valence-corrected chi connectivity index (χ3v) is 7.17. The summed E-state index contributed by atoms with van der Waals surface area (Å²) in [5, 5.41) is 10.3. The predicted octanol–water partition coefficient (Wildman–Crippen LogP) is 2.40. The van der Waals surface area contributed by atoms with Crippen LogP contribution in [0.25, 0.3) is 5.69 Å². The van der Waals surface area contributed by atoms with Crippen LogP contribution in [-0.4, -0.2) is 38.5 Å². The SMILES string of the molecule is NC(=O)[C@H](CC1CCCCC1)NC(=O)c1cnc(CNC(=O)c2cnn(-c3ccccc3)c2N)s1. The number of anilines is 1. The number of thiazole rings is 1. The highest BCUT2D eigenvalue weighted by Crippen LogP contribution is 2.27. The van der Waals surface area contributed by atoms with Gasteiger partial charge in [0.15, 0.2) is 0 Å². The van der Waals surface area contributed by atoms with Crippen LogP contribution in [0.15, 0.2) is 42.7 Å². The zero-order chi connectivity index (χ0) is 24.8. The Morgan fingerprint density at radius 1 is 1.09 bits per heavy atom. The van der Waals surface area contributed by atoms with Gasteiger partial charge >= 0.3 is 0 Å². The second-order valence-corrected chi connectivity index (χ2v) is 9.78. The Kier molecular flexibility index (Phi) is 7.76. The Balaban J connectivity index is 1.33. The fourth-order valence-corrected chi connectivity index (χ4v) is 5.05. The molecular weight excluding hydrogens is 466 g/mol. The number of amides is 3. The quantitative estimate of drug-likeness (QED) is 0.357. The summed E-state index contributed by atoms with van der Waals surface area (Å²) in [5.41, 5.74) is 12.7. The van der Waals surface area contributed by atoms with Gasteiger partial charge in [0, 0.05) is 0 Å². The number of nitrogens with two attached hydrogens (primary N) is 2. The van der Waals surface area contributed by atoms with E-state index in [0.29, 0.717) is 22.2 Å². The van der Waals surface area contributed by atoms with Gasteiger partial charge < -0.3 is 22.1 Å². The normalized spacial score (nSPS) is 14.9. The van der Waals surface area contributed by atoms with Gasteiger partial charge in [-0.25, -0.2) is 9.67 Å². The fourth-order valence-electron chi connectivity index (χ4n) is 4.29. The molecule has 3 amide bonds. The molecule has 4 rings (SSSR count). The second kappa shape index (κ2) is 11.1. The Labute approximate surface area is 207 Å². The number of primary amides is 1. The molecule has 11 heteroatoms. The first-order valence-electron chi connectivity index (χ1n) is 11.6. The summed E-state index contributed by atoms with van der Waals surface area (Å²) in [6.07, 6.45) is 9.01. The molecule has 2 heterocycles. The van der Waals surface area contributed by atoms with Crippen LogP contribution in [0.5, 0.6) is 0 Å². The van der Waals surface area contributed by atoms with Crippen molar-refractivity contribution in [1.82, 2.24) is 25.4 Å². The first-order chi connectivity index (χ1) is 16.9. The van der Waals surface area contributed by atoms with E-state index < -0.39 is 23.8 Å². The zero-order valence-electron chi connectivity index (χ0n) is 19.3. The lowest BCUT2D eigenvalue weighted by atomic mass is 9.84. The number of carbonyl (C=O) groups is 3. The van der Waals surface area contributed by atoms with Crippen molar-refractivity contribution >= 4 is 34.9 Å². The van der Waals surface area contributed by atoms with Crippen LogP contribution < -0.4 is 22.1 Å². The Morgan fingerprint density at radius 3 is 2.54 bits per heavy atom. The van der Waals surface area contributed by atoms with Crippen LogP contribution in [0.2, 0.25) is 0 Å². The van der Waals surface area contributed by atoms with Gasteiger partial charge in [-0.05, 0) is 24.5 Å². The average molecular weight is 496 g/mol. The third kappa shape index (κ3) is 6.04. The van der Waals surface area contributed by atoms with Crippen molar-refractivity contribution in [3.05, 3.63) is 58.2 Å². The minimum atomic E-state index is -0.708. The number of nitrogens with zero attached hydrogens (tertiary/aromatic N) is 3. The lowest BCUT2D eigenvalue weighted by Gasteiger charge is -2.25. The molecule has 1 aromatic carbocycles. The largest absolute Gasteiger partial charge is 0.383 e. The number of hydrogen-bond acceptors (Lipinski definition) is 7. The van der Waals surface area contributed by atoms with Gasteiger partial charge in [0.05, 0.1) is 24.6 Å². The third-order valence-electron chi connectivity index (χ3n) is 6.17. The lowest BCUT2D eigenvalue weighted by molar-refractivity contribution is -0.120. The molecule has 3 aromatic rings. The zero-order valence-corrected chi connectivity index (χ0v) is 20.1. The van der Waals surface area contributed by atoms with E-state index in [0.717, 1.165) is 42.7 Å². The lowest BCUT2D eigenvalue weighted by Crippen LogP contribution is -2.45. The minimum absolute atomic E-state index is 0.119. The maximum atomic E-state index is 12.7. The number of rotatable bonds is 9. The number of para-hydroxylation sites is 1. The molecule has 184 valence electrons. The molecule has 1 atom stereocenters. The Hall–Kier alpha value is -3.73. The van der Waals surface area contributed by atoms with Crippen molar-refractivity contribution in [3.8, 4) is 5.69 Å². The highest BCUT2D eigenvalue weighted by Gasteiger charge is 2.25. The van der Waals surface area contributed by atoms with Gasteiger partial charge in [-0.3, -0.25) is 14.4 Å². The summed E-state index contributed by atoms with van der Waals surface area (Å²) >= 11 is 1.14. The molecular formula is C24H29N7O3S. The van der Waals surface area contributed by atoms with E-state index in [1.54, 1.807) is 0 Å². The minimum Gasteiger partial charge on any atom is -0.383 e. The van der Waals surface area contributed by atoms with Gasteiger partial charge in [0.2, 0.25) is 5.91 Å². The number of hydrogen-bond donors (Lipinski definition) is 4. The van der Waals surface area contributed by atoms with Crippen LogP contribution in [0, 0.1) is 5.92 Å². The number of benzene rings is 1. The fraction of sp³-hybridized carbons (Fsp3) is 0.375. The van der Waals surface area contributed by atoms with Gasteiger partial charge in [0.1, 0.15) is 27.3 Å². The molecule has 0 radical (unpaired) electrons. The van der Waals surface area contributed by atoms with Crippen molar-refractivity contribution in [1.29, 1.82) is 0 Å². The van der Waals surface area contributed by atoms with Gasteiger partial charge in [-0.2, -0.15) is 5.10 Å². The molecule has 1 aliphatic carbocycles. The standard InChI is InChI=1S/C24H29N7O3S/c25-21-17(12-29-31(21)16-9-5-2-6-10-16)23(33)28-14-20-27-13-19(35-20)24(34)30-18(22(26)32)11-15-7-3-1-4-8-15/h2,5-6,9-10,12-13,15,18H,1,3-4,7-8,11,14,25H2,(H2,26,32)(H,28,33)(H,30,34)/t18-/m0/s1. The van der Waals surface area contributed by atoms with E-state index in [2.05, 4.69) is 20.7 Å². The van der Waals surface area contributed by atoms with Crippen molar-refractivity contribution in [3.63, 3.8) is 0 Å². The maximum Gasteiger partial charge on any atom is 0.263 e. The summed E-state index contributed by atoms with van der Waals surface area (Å²) in [5.74, 6) is -0.703. The van der Waals surface area contributed by atoms with E-state index in [1.165, 1.54) is 23.5 Å². The first-order valence-corrected chi connectivity index (χ1v) is 12.5. The summed E-state index contributed by atoms with van der Waals surface area (Å²) < 4.78 is 1.49. The number of nitrogen functional groups attached to an aromatic ring is 1. The molecule has 35 heavy (non-hydrogen) atoms. The smallest absolute Gasteiger partial charge is 0.263 e. The van der Waals surface area contributed by atoms with Gasteiger partial charge in [-0.15, -0.1) is 11.3 Å². The number of carbonyl (C=O) groups excluding carboxylic acids is 3. The highest BCUT2D eigenvalue weighted by molar-refractivity contribution is 7.13. The molecule has 0 unspecified atom stereocenters. The summed E-state index contributed by atoms with van der Waals surface area (Å²) in [7, 11) is 0. The van der Waals surface area contributed by atoms with Crippen molar-refractivity contribution in [2.24, 2.45) is 11.7 Å². The van der Waals surface area contributed by atoms with Crippen LogP contribution in [0.4, 0.5) is 5.82 Å². The van der Waals surface area contributed by atoms with Crippen LogP contribution in [-0.2, 0) is 11.3 Å². The summed E-state index contributed by atoms with van der Waals surface area (Å²) in [4.78, 5) is 41.8. The van der Waals surface area contributed by atoms with Crippen LogP contribution >= 0.6 is 11.3 Å². The molecule has 6 N–H and O–H groups in total. The van der Waals surface area contributed by atoms with E-state index in [1.807, 2.05) is 30.3 Å². The molecule has 10 nitrogen and oxygen atoms in total. The van der Waals surface area contributed by atoms with E-state index in [4.69, 9.17) is 11.5 Å². The Morgan fingerprint density at radius 2 is 1.83 bits per heavy atom. The summed E-state index contributed by atoms with van der Waals surface area (Å²) in [6, 6.07) is 8.56. The molecule has 1 fully saturated rings. The Bertz CT molecular complexity index is 1180. The van der Waals surface area contributed by atoms with Gasteiger partial charge in [0.25, 0.3) is 11.8 Å². The molecule has 0 bridgehead atoms. The van der Waals surface area contributed by atoms with Gasteiger partial charge in [-0.1, -0.05) is 50.3 Å². The average Bonchev–Trinajstić information content (AvgIpc) is 3.50. The first kappa shape index (κ1) is 24.4. The maximum absolute atomic E-state index is 12.7. The second-order valence-electron chi connectivity index (χ2n) is 8.66. The number of nitrogens with one attached hydrogen (secondary N) is 2. The molecule has 0 aliphatic heterocycles. The van der Waals surface area contributed by atoms with Crippen molar-refractivity contribution < 1.29 is 14.4 Å². The van der Waals surface area contributed by atoms with E-state index in [-0.39, 0.29) is 17.9 Å². The van der Waals surface area contributed by atoms with E-state index in [9.17, 15) is 14.4 Å². The molecule has 1 saturated carbocycles. The van der Waals surface area contributed by atoms with Crippen LogP contribution in [0.3, 0.4) is 0 Å².